The molecule has 2 N–H and O–H groups in total. The summed E-state index contributed by atoms with van der Waals surface area (Å²) < 4.78 is 5.58. The van der Waals surface area contributed by atoms with Crippen LogP contribution in [-0.2, 0) is 24.3 Å². The number of rotatable bonds is 5. The maximum absolute atomic E-state index is 12.0. The second-order valence-electron chi connectivity index (χ2n) is 7.83. The van der Waals surface area contributed by atoms with E-state index in [1.54, 1.807) is 7.05 Å². The molecule has 2 aliphatic rings. The van der Waals surface area contributed by atoms with E-state index in [2.05, 4.69) is 43.7 Å². The summed E-state index contributed by atoms with van der Waals surface area (Å²) in [5, 5.41) is 6.34. The van der Waals surface area contributed by atoms with Gasteiger partial charge in [-0.15, -0.1) is 0 Å². The third-order valence-corrected chi connectivity index (χ3v) is 5.99. The Bertz CT molecular complexity index is 914. The first kappa shape index (κ1) is 19.8. The molecule has 1 aromatic carbocycles. The second-order valence-corrected chi connectivity index (χ2v) is 7.83. The molecule has 0 saturated carbocycles. The van der Waals surface area contributed by atoms with E-state index in [9.17, 15) is 4.79 Å². The van der Waals surface area contributed by atoms with Crippen LogP contribution in [0.5, 0.6) is 0 Å². The molecule has 1 fully saturated rings. The molecule has 0 unspecified atom stereocenters. The number of ether oxygens (including phenoxy) is 1. The van der Waals surface area contributed by atoms with Crippen LogP contribution in [0.1, 0.15) is 45.0 Å². The monoisotopic (exact) mass is 395 g/mol. The van der Waals surface area contributed by atoms with Crippen LogP contribution < -0.4 is 15.5 Å². The van der Waals surface area contributed by atoms with Crippen molar-refractivity contribution < 1.29 is 9.53 Å². The van der Waals surface area contributed by atoms with Gasteiger partial charge in [-0.2, -0.15) is 0 Å². The van der Waals surface area contributed by atoms with E-state index in [4.69, 9.17) is 4.74 Å². The molecule has 1 amide bonds. The van der Waals surface area contributed by atoms with Crippen LogP contribution in [-0.4, -0.2) is 48.7 Å². The molecular weight excluding hydrogens is 366 g/mol. The van der Waals surface area contributed by atoms with Gasteiger partial charge >= 0.3 is 0 Å². The molecule has 7 nitrogen and oxygen atoms in total. The van der Waals surface area contributed by atoms with Crippen LogP contribution in [0.2, 0.25) is 0 Å². The fourth-order valence-corrected chi connectivity index (χ4v) is 4.17. The van der Waals surface area contributed by atoms with Gasteiger partial charge in [0.1, 0.15) is 5.82 Å². The highest BCUT2D eigenvalue weighted by molar-refractivity contribution is 5.90. The van der Waals surface area contributed by atoms with Gasteiger partial charge in [-0.25, -0.2) is 9.97 Å². The summed E-state index contributed by atoms with van der Waals surface area (Å²) in [6.07, 6.45) is 2.04. The minimum absolute atomic E-state index is 0.236. The van der Waals surface area contributed by atoms with Gasteiger partial charge in [0.25, 0.3) is 5.91 Å². The van der Waals surface area contributed by atoms with Crippen molar-refractivity contribution in [2.45, 2.75) is 45.9 Å². The normalized spacial score (nSPS) is 18.6. The number of nitrogens with zero attached hydrogens (tertiary/aromatic N) is 3. The van der Waals surface area contributed by atoms with Crippen molar-refractivity contribution in [1.82, 2.24) is 20.6 Å². The number of anilines is 1. The molecule has 0 radical (unpaired) electrons. The Morgan fingerprint density at radius 2 is 2.17 bits per heavy atom. The number of benzene rings is 1. The number of aromatic nitrogens is 2. The van der Waals surface area contributed by atoms with Crippen molar-refractivity contribution >= 4 is 11.7 Å². The Morgan fingerprint density at radius 1 is 1.31 bits per heavy atom. The zero-order valence-electron chi connectivity index (χ0n) is 17.4. The fourth-order valence-electron chi connectivity index (χ4n) is 4.17. The van der Waals surface area contributed by atoms with Gasteiger partial charge in [-0.05, 0) is 43.4 Å². The van der Waals surface area contributed by atoms with Gasteiger partial charge in [0.2, 0.25) is 5.82 Å². The van der Waals surface area contributed by atoms with Crippen molar-refractivity contribution in [2.75, 3.05) is 31.6 Å². The number of amides is 1. The summed E-state index contributed by atoms with van der Waals surface area (Å²) in [5.41, 5.74) is 6.02. The largest absolute Gasteiger partial charge is 0.376 e. The van der Waals surface area contributed by atoms with Crippen LogP contribution in [0.3, 0.4) is 0 Å². The minimum Gasteiger partial charge on any atom is -0.376 e. The van der Waals surface area contributed by atoms with Crippen LogP contribution in [0, 0.1) is 13.8 Å². The Labute approximate surface area is 171 Å². The number of carbonyl (C=O) groups excluding carboxylic acids is 1. The van der Waals surface area contributed by atoms with E-state index >= 15 is 0 Å². The highest BCUT2D eigenvalue weighted by atomic mass is 16.5. The maximum Gasteiger partial charge on any atom is 0.288 e. The lowest BCUT2D eigenvalue weighted by Crippen LogP contribution is -2.33. The quantitative estimate of drug-likeness (QED) is 0.805. The molecule has 7 heteroatoms. The first-order chi connectivity index (χ1) is 14.1. The summed E-state index contributed by atoms with van der Waals surface area (Å²) >= 11 is 0. The average molecular weight is 396 g/mol. The minimum atomic E-state index is -0.249. The van der Waals surface area contributed by atoms with Gasteiger partial charge in [-0.1, -0.05) is 18.2 Å². The molecule has 154 valence electrons. The van der Waals surface area contributed by atoms with E-state index < -0.39 is 0 Å². The molecule has 1 aromatic heterocycles. The first-order valence-corrected chi connectivity index (χ1v) is 10.3. The lowest BCUT2D eigenvalue weighted by molar-refractivity contribution is 0.0952. The van der Waals surface area contributed by atoms with E-state index in [-0.39, 0.29) is 11.7 Å². The van der Waals surface area contributed by atoms with Crippen molar-refractivity contribution in [3.63, 3.8) is 0 Å². The predicted octanol–water partition coefficient (Wildman–Crippen LogP) is 1.89. The van der Waals surface area contributed by atoms with Crippen molar-refractivity contribution in [2.24, 2.45) is 0 Å². The van der Waals surface area contributed by atoms with E-state index in [1.165, 1.54) is 16.7 Å². The number of nitrogens with one attached hydrogen (secondary N) is 2. The van der Waals surface area contributed by atoms with Crippen LogP contribution in [0.15, 0.2) is 18.2 Å². The zero-order valence-corrected chi connectivity index (χ0v) is 17.4. The SMILES string of the molecule is CNC(=O)c1nc(C)c(C)c(N2CC[C@@H](NCc3cccc4c3CCOC4)C2)n1. The lowest BCUT2D eigenvalue weighted by Gasteiger charge is -2.22. The van der Waals surface area contributed by atoms with Gasteiger partial charge < -0.3 is 20.3 Å². The molecule has 0 spiro atoms. The lowest BCUT2D eigenvalue weighted by atomic mass is 9.97. The summed E-state index contributed by atoms with van der Waals surface area (Å²) in [6.45, 7) is 8.15. The Kier molecular flexibility index (Phi) is 5.78. The van der Waals surface area contributed by atoms with E-state index in [0.717, 1.165) is 62.8 Å². The summed E-state index contributed by atoms with van der Waals surface area (Å²) in [4.78, 5) is 23.2. The molecule has 1 atom stereocenters. The topological polar surface area (TPSA) is 79.4 Å². The number of hydrogen-bond acceptors (Lipinski definition) is 6. The van der Waals surface area contributed by atoms with Gasteiger partial charge in [0, 0.05) is 44.0 Å². The molecule has 2 aliphatic heterocycles. The van der Waals surface area contributed by atoms with Crippen LogP contribution >= 0.6 is 0 Å². The fraction of sp³-hybridized carbons (Fsp3) is 0.500. The molecule has 0 bridgehead atoms. The van der Waals surface area contributed by atoms with E-state index in [0.29, 0.717) is 6.04 Å². The van der Waals surface area contributed by atoms with Gasteiger partial charge in [-0.3, -0.25) is 4.79 Å². The standard InChI is InChI=1S/C22H29N5O2/c1-14-15(2)25-20(22(28)23-3)26-21(14)27-9-7-18(12-27)24-11-16-5-4-6-17-13-29-10-8-19(16)17/h4-6,18,24H,7-13H2,1-3H3,(H,23,28)/t18-/m1/s1. The number of carbonyl (C=O) groups is 1. The van der Waals surface area contributed by atoms with E-state index in [1.807, 2.05) is 13.8 Å². The smallest absolute Gasteiger partial charge is 0.288 e. The Hall–Kier alpha value is -2.51. The number of fused-ring (bicyclic) bond motifs is 1. The summed E-state index contributed by atoms with van der Waals surface area (Å²) in [5.74, 6) is 0.857. The zero-order chi connectivity index (χ0) is 20.4. The Morgan fingerprint density at radius 3 is 3.00 bits per heavy atom. The Balaban J connectivity index is 1.44. The van der Waals surface area contributed by atoms with Crippen molar-refractivity contribution in [3.8, 4) is 0 Å². The first-order valence-electron chi connectivity index (χ1n) is 10.3. The van der Waals surface area contributed by atoms with Gasteiger partial charge in [0.05, 0.1) is 13.2 Å². The highest BCUT2D eigenvalue weighted by Gasteiger charge is 2.26. The molecule has 29 heavy (non-hydrogen) atoms. The molecule has 3 heterocycles. The summed E-state index contributed by atoms with van der Waals surface area (Å²) in [6, 6.07) is 6.90. The third-order valence-electron chi connectivity index (χ3n) is 5.99. The molecule has 2 aromatic rings. The number of aryl methyl sites for hydroxylation is 1. The summed E-state index contributed by atoms with van der Waals surface area (Å²) in [7, 11) is 1.60. The molecular formula is C22H29N5O2. The van der Waals surface area contributed by atoms with Gasteiger partial charge in [0.15, 0.2) is 0 Å². The molecule has 0 aliphatic carbocycles. The predicted molar refractivity (Wildman–Crippen MR) is 112 cm³/mol. The van der Waals surface area contributed by atoms with Crippen molar-refractivity contribution in [1.29, 1.82) is 0 Å². The molecule has 1 saturated heterocycles. The third kappa shape index (κ3) is 4.11. The van der Waals surface area contributed by atoms with Crippen LogP contribution in [0.4, 0.5) is 5.82 Å². The second kappa shape index (κ2) is 8.47. The highest BCUT2D eigenvalue weighted by Crippen LogP contribution is 2.25. The average Bonchev–Trinajstić information content (AvgIpc) is 3.22. The van der Waals surface area contributed by atoms with Crippen molar-refractivity contribution in [3.05, 3.63) is 52.0 Å². The molecule has 4 rings (SSSR count). The number of hydrogen-bond donors (Lipinski definition) is 2. The maximum atomic E-state index is 12.0. The van der Waals surface area contributed by atoms with Crippen LogP contribution in [0.25, 0.3) is 0 Å².